The van der Waals surface area contributed by atoms with Gasteiger partial charge in [-0.25, -0.2) is 4.79 Å². The van der Waals surface area contributed by atoms with Crippen molar-refractivity contribution in [1.29, 1.82) is 0 Å². The lowest BCUT2D eigenvalue weighted by molar-refractivity contribution is -0.151. The van der Waals surface area contributed by atoms with Gasteiger partial charge in [0.05, 0.1) is 0 Å². The van der Waals surface area contributed by atoms with Crippen LogP contribution in [0, 0.1) is 0 Å². The molecule has 0 aromatic heterocycles. The van der Waals surface area contributed by atoms with Gasteiger partial charge in [0.25, 0.3) is 0 Å². The van der Waals surface area contributed by atoms with Crippen LogP contribution in [0.2, 0.25) is 0 Å². The second-order valence-corrected chi connectivity index (χ2v) is 2.34. The van der Waals surface area contributed by atoms with E-state index in [0.717, 1.165) is 6.08 Å². The van der Waals surface area contributed by atoms with E-state index in [2.05, 4.69) is 9.26 Å². The first-order valence-electron chi connectivity index (χ1n) is 2.82. The number of aliphatic hydroxyl groups excluding tert-OH is 1. The zero-order valence-corrected chi connectivity index (χ0v) is 6.44. The van der Waals surface area contributed by atoms with Gasteiger partial charge < -0.3 is 9.84 Å². The normalized spacial score (nSPS) is 23.5. The van der Waals surface area contributed by atoms with E-state index < -0.39 is 20.9 Å². The molecule has 1 rings (SSSR count). The number of cyclic esters (lactones) is 1. The lowest BCUT2D eigenvalue weighted by Gasteiger charge is -2.02. The smallest absolute Gasteiger partial charge is 0.429 e. The van der Waals surface area contributed by atoms with Crippen molar-refractivity contribution < 1.29 is 23.7 Å². The number of aliphatic hydroxyl groups is 1. The summed E-state index contributed by atoms with van der Waals surface area (Å²) in [7, 11) is -0.903. The Bertz CT molecular complexity index is 211. The summed E-state index contributed by atoms with van der Waals surface area (Å²) >= 11 is 0. The van der Waals surface area contributed by atoms with Crippen LogP contribution < -0.4 is 0 Å². The van der Waals surface area contributed by atoms with Crippen LogP contribution in [0.15, 0.2) is 11.6 Å². The molecule has 0 saturated carbocycles. The molecule has 0 radical (unpaired) electrons. The van der Waals surface area contributed by atoms with Crippen LogP contribution in [0.1, 0.15) is 0 Å². The molecule has 1 heterocycles. The fraction of sp³-hybridized carbons (Fsp3) is 0.400. The van der Waals surface area contributed by atoms with Gasteiger partial charge in [0.2, 0.25) is 6.29 Å². The third-order valence-corrected chi connectivity index (χ3v) is 1.41. The molecule has 0 spiro atoms. The summed E-state index contributed by atoms with van der Waals surface area (Å²) in [6.45, 7) is -0.0468. The first kappa shape index (κ1) is 8.33. The molecule has 2 atom stereocenters. The molecule has 0 aromatic carbocycles. The van der Waals surface area contributed by atoms with Crippen LogP contribution in [0.25, 0.3) is 0 Å². The van der Waals surface area contributed by atoms with Crippen molar-refractivity contribution >= 4 is 14.7 Å². The molecule has 6 heteroatoms. The Morgan fingerprint density at radius 3 is 3.00 bits per heavy atom. The number of carbonyl (C=O) groups is 1. The molecular formula is C5H6O5P+. The van der Waals surface area contributed by atoms with E-state index in [1.807, 2.05) is 0 Å². The molecule has 1 aliphatic rings. The predicted molar refractivity (Wildman–Crippen MR) is 35.1 cm³/mol. The van der Waals surface area contributed by atoms with E-state index in [0.29, 0.717) is 5.57 Å². The van der Waals surface area contributed by atoms with Crippen molar-refractivity contribution in [1.82, 2.24) is 0 Å². The number of rotatable bonds is 3. The van der Waals surface area contributed by atoms with Gasteiger partial charge in [-0.2, -0.15) is 0 Å². The van der Waals surface area contributed by atoms with Gasteiger partial charge in [0.15, 0.2) is 0 Å². The van der Waals surface area contributed by atoms with E-state index in [-0.39, 0.29) is 6.61 Å². The minimum atomic E-state index is -1.24. The average molecular weight is 177 g/mol. The Labute approximate surface area is 63.9 Å². The largest absolute Gasteiger partial charge is 0.494 e. The van der Waals surface area contributed by atoms with Gasteiger partial charge in [0.1, 0.15) is 6.61 Å². The minimum Gasteiger partial charge on any atom is -0.429 e. The lowest BCUT2D eigenvalue weighted by atomic mass is 10.3. The summed E-state index contributed by atoms with van der Waals surface area (Å²) < 4.78 is 18.6. The van der Waals surface area contributed by atoms with E-state index in [1.165, 1.54) is 0 Å². The highest BCUT2D eigenvalue weighted by atomic mass is 31.1. The zero-order chi connectivity index (χ0) is 8.27. The van der Waals surface area contributed by atoms with Crippen LogP contribution in [-0.4, -0.2) is 24.0 Å². The fourth-order valence-corrected chi connectivity index (χ4v) is 0.894. The summed E-state index contributed by atoms with van der Waals surface area (Å²) in [5.41, 5.74) is 0.290. The molecule has 0 saturated heterocycles. The molecule has 0 amide bonds. The molecule has 0 aromatic rings. The third kappa shape index (κ3) is 2.08. The first-order chi connectivity index (χ1) is 5.24. The quantitative estimate of drug-likeness (QED) is 0.475. The highest BCUT2D eigenvalue weighted by molar-refractivity contribution is 7.17. The van der Waals surface area contributed by atoms with Crippen molar-refractivity contribution in [2.45, 2.75) is 6.29 Å². The SMILES string of the molecule is O=[PH+]OCC1=CC(=O)OC1O. The van der Waals surface area contributed by atoms with Gasteiger partial charge in [-0.05, 0) is 4.57 Å². The van der Waals surface area contributed by atoms with E-state index in [4.69, 9.17) is 5.11 Å². The summed E-state index contributed by atoms with van der Waals surface area (Å²) in [5.74, 6) is -0.606. The number of ether oxygens (including phenoxy) is 1. The Balaban J connectivity index is 2.49. The topological polar surface area (TPSA) is 72.8 Å². The molecule has 0 fully saturated rings. The van der Waals surface area contributed by atoms with E-state index in [1.54, 1.807) is 0 Å². The monoisotopic (exact) mass is 177 g/mol. The van der Waals surface area contributed by atoms with E-state index >= 15 is 0 Å². The first-order valence-corrected chi connectivity index (χ1v) is 3.64. The second kappa shape index (κ2) is 3.57. The summed E-state index contributed by atoms with van der Waals surface area (Å²) in [5, 5.41) is 8.90. The average Bonchev–Trinajstić information content (AvgIpc) is 2.26. The molecule has 1 N–H and O–H groups in total. The number of esters is 1. The van der Waals surface area contributed by atoms with Crippen molar-refractivity contribution in [2.75, 3.05) is 6.61 Å². The molecule has 1 aliphatic heterocycles. The maximum absolute atomic E-state index is 10.4. The molecule has 0 bridgehead atoms. The third-order valence-electron chi connectivity index (χ3n) is 1.15. The lowest BCUT2D eigenvalue weighted by Crippen LogP contribution is -2.12. The van der Waals surface area contributed by atoms with Crippen LogP contribution in [0.3, 0.4) is 0 Å². The number of hydrogen-bond acceptors (Lipinski definition) is 5. The number of carbonyl (C=O) groups excluding carboxylic acids is 1. The van der Waals surface area contributed by atoms with Crippen molar-refractivity contribution in [3.8, 4) is 0 Å². The van der Waals surface area contributed by atoms with Crippen LogP contribution in [0.5, 0.6) is 0 Å². The molecule has 11 heavy (non-hydrogen) atoms. The Hall–Kier alpha value is -0.770. The summed E-state index contributed by atoms with van der Waals surface area (Å²) in [6.07, 6.45) is -0.121. The predicted octanol–water partition coefficient (Wildman–Crippen LogP) is -0.256. The number of hydrogen-bond donors (Lipinski definition) is 1. The molecule has 5 nitrogen and oxygen atoms in total. The van der Waals surface area contributed by atoms with Gasteiger partial charge in [-0.15, -0.1) is 4.52 Å². The highest BCUT2D eigenvalue weighted by Crippen LogP contribution is 2.14. The Morgan fingerprint density at radius 1 is 1.82 bits per heavy atom. The van der Waals surface area contributed by atoms with Crippen molar-refractivity contribution in [2.24, 2.45) is 0 Å². The van der Waals surface area contributed by atoms with Gasteiger partial charge in [-0.1, -0.05) is 0 Å². The highest BCUT2D eigenvalue weighted by Gasteiger charge is 2.24. The van der Waals surface area contributed by atoms with Crippen LogP contribution in [-0.2, 0) is 18.6 Å². The fourth-order valence-electron chi connectivity index (χ4n) is 0.668. The second-order valence-electron chi connectivity index (χ2n) is 1.88. The zero-order valence-electron chi connectivity index (χ0n) is 5.44. The maximum Gasteiger partial charge on any atom is 0.494 e. The Morgan fingerprint density at radius 2 is 2.55 bits per heavy atom. The molecule has 0 aliphatic carbocycles. The van der Waals surface area contributed by atoms with Crippen LogP contribution in [0.4, 0.5) is 0 Å². The van der Waals surface area contributed by atoms with E-state index in [9.17, 15) is 9.36 Å². The minimum absolute atomic E-state index is 0.0468. The van der Waals surface area contributed by atoms with Gasteiger partial charge in [0, 0.05) is 11.6 Å². The van der Waals surface area contributed by atoms with Crippen LogP contribution >= 0.6 is 8.69 Å². The molecular weight excluding hydrogens is 171 g/mol. The van der Waals surface area contributed by atoms with Crippen molar-refractivity contribution in [3.63, 3.8) is 0 Å². The van der Waals surface area contributed by atoms with Crippen molar-refractivity contribution in [3.05, 3.63) is 11.6 Å². The molecule has 2 unspecified atom stereocenters. The van der Waals surface area contributed by atoms with Gasteiger partial charge in [-0.3, -0.25) is 0 Å². The maximum atomic E-state index is 10.4. The summed E-state index contributed by atoms with van der Waals surface area (Å²) in [6, 6.07) is 0. The Kier molecular flexibility index (Phi) is 2.70. The standard InChI is InChI=1S/C5H6O5P/c6-4-1-3(2-9-11-8)5(7)10-4/h1,5,7,11H,2H2/q+1. The molecule has 60 valence electrons. The summed E-state index contributed by atoms with van der Waals surface area (Å²) in [4.78, 5) is 10.4. The van der Waals surface area contributed by atoms with Gasteiger partial charge >= 0.3 is 14.7 Å².